The molecule has 1 aromatic rings. The van der Waals surface area contributed by atoms with Gasteiger partial charge in [-0.1, -0.05) is 32.4 Å². The number of hydrogen-bond acceptors (Lipinski definition) is 3. The third kappa shape index (κ3) is 4.77. The lowest BCUT2D eigenvalue weighted by Gasteiger charge is -2.20. The summed E-state index contributed by atoms with van der Waals surface area (Å²) in [6.07, 6.45) is 0.851. The summed E-state index contributed by atoms with van der Waals surface area (Å²) in [7, 11) is 1.60. The van der Waals surface area contributed by atoms with Gasteiger partial charge in [0.1, 0.15) is 11.8 Å². The number of ether oxygens (including phenoxy) is 1. The van der Waals surface area contributed by atoms with E-state index < -0.39 is 12.0 Å². The lowest BCUT2D eigenvalue weighted by molar-refractivity contribution is -0.143. The highest BCUT2D eigenvalue weighted by Gasteiger charge is 2.25. The van der Waals surface area contributed by atoms with Crippen molar-refractivity contribution >= 4 is 11.9 Å². The minimum absolute atomic E-state index is 0.107. The molecular weight excluding hydrogens is 270 g/mol. The molecule has 1 amide bonds. The first kappa shape index (κ1) is 17.0. The van der Waals surface area contributed by atoms with E-state index in [4.69, 9.17) is 4.74 Å². The topological polar surface area (TPSA) is 75.6 Å². The Morgan fingerprint density at radius 1 is 1.38 bits per heavy atom. The van der Waals surface area contributed by atoms with Gasteiger partial charge in [-0.2, -0.15) is 0 Å². The van der Waals surface area contributed by atoms with Crippen molar-refractivity contribution in [1.29, 1.82) is 0 Å². The van der Waals surface area contributed by atoms with Gasteiger partial charge >= 0.3 is 5.97 Å². The lowest BCUT2D eigenvalue weighted by atomic mass is 9.99. The molecule has 0 fully saturated rings. The average Bonchev–Trinajstić information content (AvgIpc) is 2.44. The molecule has 0 spiro atoms. The van der Waals surface area contributed by atoms with Crippen LogP contribution in [0.25, 0.3) is 0 Å². The van der Waals surface area contributed by atoms with E-state index in [9.17, 15) is 14.7 Å². The molecule has 2 N–H and O–H groups in total. The summed E-state index contributed by atoms with van der Waals surface area (Å²) >= 11 is 0. The molecule has 1 rings (SSSR count). The molecule has 0 unspecified atom stereocenters. The van der Waals surface area contributed by atoms with Gasteiger partial charge in [0, 0.05) is 0 Å². The average molecular weight is 293 g/mol. The third-order valence-corrected chi connectivity index (χ3v) is 3.62. The van der Waals surface area contributed by atoms with Crippen LogP contribution in [0.2, 0.25) is 0 Å². The van der Waals surface area contributed by atoms with Crippen LogP contribution in [0.4, 0.5) is 0 Å². The number of benzene rings is 1. The third-order valence-electron chi connectivity index (χ3n) is 3.62. The largest absolute Gasteiger partial charge is 0.496 e. The molecule has 0 bridgehead atoms. The van der Waals surface area contributed by atoms with Gasteiger partial charge in [-0.05, 0) is 30.0 Å². The van der Waals surface area contributed by atoms with Gasteiger partial charge in [-0.15, -0.1) is 0 Å². The summed E-state index contributed by atoms with van der Waals surface area (Å²) in [6.45, 7) is 5.62. The Bertz CT molecular complexity index is 513. The number of aryl methyl sites for hydroxylation is 1. The fraction of sp³-hybridized carbons (Fsp3) is 0.500. The zero-order valence-corrected chi connectivity index (χ0v) is 13.0. The van der Waals surface area contributed by atoms with Crippen LogP contribution < -0.4 is 10.1 Å². The Balaban J connectivity index is 2.72. The monoisotopic (exact) mass is 293 g/mol. The second-order valence-corrected chi connectivity index (χ2v) is 5.25. The molecule has 0 saturated carbocycles. The highest BCUT2D eigenvalue weighted by molar-refractivity contribution is 5.85. The van der Waals surface area contributed by atoms with E-state index in [0.717, 1.165) is 16.9 Å². The molecule has 2 atom stereocenters. The van der Waals surface area contributed by atoms with Crippen molar-refractivity contribution in [1.82, 2.24) is 5.32 Å². The number of carbonyl (C=O) groups is 2. The molecule has 0 radical (unpaired) electrons. The SMILES string of the molecule is CC[C@H](C)[C@H](NC(=O)Cc1ccc(OC)c(C)c1)C(=O)O. The van der Waals surface area contributed by atoms with Crippen molar-refractivity contribution in [3.8, 4) is 5.75 Å². The molecule has 1 aromatic carbocycles. The first-order valence-corrected chi connectivity index (χ1v) is 7.04. The number of aliphatic carboxylic acids is 1. The normalized spacial score (nSPS) is 13.3. The number of nitrogens with one attached hydrogen (secondary N) is 1. The Kier molecular flexibility index (Phi) is 6.21. The van der Waals surface area contributed by atoms with Gasteiger partial charge in [-0.25, -0.2) is 4.79 Å². The van der Waals surface area contributed by atoms with E-state index in [-0.39, 0.29) is 18.2 Å². The van der Waals surface area contributed by atoms with Gasteiger partial charge in [0.2, 0.25) is 5.91 Å². The zero-order valence-electron chi connectivity index (χ0n) is 13.0. The van der Waals surface area contributed by atoms with E-state index >= 15 is 0 Å². The predicted molar refractivity (Wildman–Crippen MR) is 80.5 cm³/mol. The number of amides is 1. The van der Waals surface area contributed by atoms with Gasteiger partial charge in [0.15, 0.2) is 0 Å². The minimum atomic E-state index is -0.997. The molecule has 0 aliphatic carbocycles. The number of carboxylic acid groups (broad SMARTS) is 1. The smallest absolute Gasteiger partial charge is 0.326 e. The summed E-state index contributed by atoms with van der Waals surface area (Å²) < 4.78 is 5.17. The van der Waals surface area contributed by atoms with Crippen LogP contribution >= 0.6 is 0 Å². The number of methoxy groups -OCH3 is 1. The van der Waals surface area contributed by atoms with Gasteiger partial charge in [0.05, 0.1) is 13.5 Å². The van der Waals surface area contributed by atoms with E-state index in [2.05, 4.69) is 5.32 Å². The van der Waals surface area contributed by atoms with Crippen LogP contribution in [-0.4, -0.2) is 30.1 Å². The number of carboxylic acids is 1. The minimum Gasteiger partial charge on any atom is -0.496 e. The Hall–Kier alpha value is -2.04. The van der Waals surface area contributed by atoms with Crippen molar-refractivity contribution in [2.45, 2.75) is 39.7 Å². The maximum absolute atomic E-state index is 12.0. The van der Waals surface area contributed by atoms with Crippen LogP contribution in [0, 0.1) is 12.8 Å². The summed E-state index contributed by atoms with van der Waals surface area (Å²) in [5.41, 5.74) is 1.78. The molecule has 21 heavy (non-hydrogen) atoms. The van der Waals surface area contributed by atoms with Crippen LogP contribution in [-0.2, 0) is 16.0 Å². The van der Waals surface area contributed by atoms with Crippen molar-refractivity contribution in [2.75, 3.05) is 7.11 Å². The highest BCUT2D eigenvalue weighted by atomic mass is 16.5. The van der Waals surface area contributed by atoms with Gasteiger partial charge in [0.25, 0.3) is 0 Å². The zero-order chi connectivity index (χ0) is 16.0. The van der Waals surface area contributed by atoms with E-state index in [1.807, 2.05) is 32.9 Å². The number of rotatable bonds is 7. The Morgan fingerprint density at radius 3 is 2.52 bits per heavy atom. The molecule has 0 heterocycles. The molecular formula is C16H23NO4. The maximum Gasteiger partial charge on any atom is 0.326 e. The Labute approximate surface area is 125 Å². The standard InChI is InChI=1S/C16H23NO4/c1-5-10(2)15(16(19)20)17-14(18)9-12-6-7-13(21-4)11(3)8-12/h6-8,10,15H,5,9H2,1-4H3,(H,17,18)(H,19,20)/t10-,15-/m0/s1. The molecule has 0 aliphatic rings. The first-order chi connectivity index (χ1) is 9.88. The predicted octanol–water partition coefficient (Wildman–Crippen LogP) is 2.16. The van der Waals surface area contributed by atoms with Crippen LogP contribution in [0.5, 0.6) is 5.75 Å². The maximum atomic E-state index is 12.0. The van der Waals surface area contributed by atoms with Crippen molar-refractivity contribution in [3.05, 3.63) is 29.3 Å². The lowest BCUT2D eigenvalue weighted by Crippen LogP contribution is -2.45. The summed E-state index contributed by atoms with van der Waals surface area (Å²) in [6, 6.07) is 4.64. The van der Waals surface area contributed by atoms with Crippen LogP contribution in [0.1, 0.15) is 31.4 Å². The van der Waals surface area contributed by atoms with E-state index in [1.54, 1.807) is 13.2 Å². The molecule has 0 aromatic heterocycles. The molecule has 5 heteroatoms. The van der Waals surface area contributed by atoms with Crippen molar-refractivity contribution in [3.63, 3.8) is 0 Å². The molecule has 0 aliphatic heterocycles. The van der Waals surface area contributed by atoms with Gasteiger partial charge < -0.3 is 15.2 Å². The van der Waals surface area contributed by atoms with Gasteiger partial charge in [-0.3, -0.25) is 4.79 Å². The second kappa shape index (κ2) is 7.67. The van der Waals surface area contributed by atoms with Crippen molar-refractivity contribution < 1.29 is 19.4 Å². The fourth-order valence-electron chi connectivity index (χ4n) is 2.14. The van der Waals surface area contributed by atoms with Crippen LogP contribution in [0.15, 0.2) is 18.2 Å². The fourth-order valence-corrected chi connectivity index (χ4v) is 2.14. The molecule has 5 nitrogen and oxygen atoms in total. The van der Waals surface area contributed by atoms with Crippen LogP contribution in [0.3, 0.4) is 0 Å². The van der Waals surface area contributed by atoms with Crippen molar-refractivity contribution in [2.24, 2.45) is 5.92 Å². The number of hydrogen-bond donors (Lipinski definition) is 2. The summed E-state index contributed by atoms with van der Waals surface area (Å²) in [5, 5.41) is 11.8. The molecule has 0 saturated heterocycles. The molecule has 116 valence electrons. The quantitative estimate of drug-likeness (QED) is 0.808. The Morgan fingerprint density at radius 2 is 2.05 bits per heavy atom. The number of carbonyl (C=O) groups excluding carboxylic acids is 1. The summed E-state index contributed by atoms with van der Waals surface area (Å²) in [5.74, 6) is -0.623. The highest BCUT2D eigenvalue weighted by Crippen LogP contribution is 2.18. The van der Waals surface area contributed by atoms with E-state index in [1.165, 1.54) is 0 Å². The summed E-state index contributed by atoms with van der Waals surface area (Å²) in [4.78, 5) is 23.2. The first-order valence-electron chi connectivity index (χ1n) is 7.04. The van der Waals surface area contributed by atoms with E-state index in [0.29, 0.717) is 6.42 Å². The second-order valence-electron chi connectivity index (χ2n) is 5.25.